The summed E-state index contributed by atoms with van der Waals surface area (Å²) >= 11 is 5.27. The summed E-state index contributed by atoms with van der Waals surface area (Å²) in [5, 5.41) is 20.7. The van der Waals surface area contributed by atoms with Crippen molar-refractivity contribution in [1.29, 1.82) is 0 Å². The van der Waals surface area contributed by atoms with Gasteiger partial charge in [0.15, 0.2) is 5.82 Å². The molecular formula is C20H20N4O2S. The Balaban J connectivity index is 1.99. The number of hydrogen-bond acceptors (Lipinski definition) is 4. The molecule has 0 amide bonds. The van der Waals surface area contributed by atoms with Crippen molar-refractivity contribution in [3.63, 3.8) is 0 Å². The molecule has 6 nitrogen and oxygen atoms in total. The van der Waals surface area contributed by atoms with E-state index in [9.17, 15) is 9.90 Å². The first-order valence-corrected chi connectivity index (χ1v) is 8.83. The first kappa shape index (κ1) is 18.7. The summed E-state index contributed by atoms with van der Waals surface area (Å²) in [6.45, 7) is 6.47. The van der Waals surface area contributed by atoms with E-state index in [1.807, 2.05) is 12.1 Å². The van der Waals surface area contributed by atoms with Gasteiger partial charge >= 0.3 is 5.97 Å². The zero-order valence-corrected chi connectivity index (χ0v) is 16.1. The van der Waals surface area contributed by atoms with Gasteiger partial charge in [-0.15, -0.1) is 0 Å². The zero-order valence-electron chi connectivity index (χ0n) is 15.3. The van der Waals surface area contributed by atoms with Gasteiger partial charge in [0, 0.05) is 11.1 Å². The van der Waals surface area contributed by atoms with Gasteiger partial charge in [-0.2, -0.15) is 14.9 Å². The quantitative estimate of drug-likeness (QED) is 0.516. The molecule has 138 valence electrons. The van der Waals surface area contributed by atoms with Gasteiger partial charge in [-0.3, -0.25) is 0 Å². The highest BCUT2D eigenvalue weighted by atomic mass is 32.1. The van der Waals surface area contributed by atoms with Crippen LogP contribution in [0.3, 0.4) is 0 Å². The van der Waals surface area contributed by atoms with Crippen molar-refractivity contribution in [3.8, 4) is 11.4 Å². The van der Waals surface area contributed by atoms with E-state index in [0.717, 1.165) is 5.56 Å². The lowest BCUT2D eigenvalue weighted by Crippen LogP contribution is -2.10. The number of aromatic carboxylic acids is 1. The van der Waals surface area contributed by atoms with Crippen LogP contribution in [0.25, 0.3) is 11.4 Å². The molecule has 2 aromatic carbocycles. The fraction of sp³-hybridized carbons (Fsp3) is 0.200. The highest BCUT2D eigenvalue weighted by Crippen LogP contribution is 2.25. The molecule has 0 saturated heterocycles. The first-order chi connectivity index (χ1) is 12.8. The smallest absolute Gasteiger partial charge is 0.336 e. The van der Waals surface area contributed by atoms with Crippen LogP contribution in [0.5, 0.6) is 0 Å². The number of nitrogens with zero attached hydrogens (tertiary/aromatic N) is 3. The number of carboxylic acids is 1. The SMILES string of the molecule is CC(C)(C)c1ccc(-c2n[nH]c(=S)n2N=Cc2ccccc2C(=O)O)cc1. The monoisotopic (exact) mass is 380 g/mol. The molecule has 1 heterocycles. The average Bonchev–Trinajstić information content (AvgIpc) is 3.00. The molecule has 0 aliphatic heterocycles. The number of benzene rings is 2. The summed E-state index contributed by atoms with van der Waals surface area (Å²) < 4.78 is 1.81. The molecule has 7 heteroatoms. The van der Waals surface area contributed by atoms with Gasteiger partial charge in [0.1, 0.15) is 0 Å². The van der Waals surface area contributed by atoms with E-state index >= 15 is 0 Å². The molecule has 2 N–H and O–H groups in total. The van der Waals surface area contributed by atoms with Gasteiger partial charge in [0.25, 0.3) is 0 Å². The summed E-state index contributed by atoms with van der Waals surface area (Å²) in [5.74, 6) is -0.449. The summed E-state index contributed by atoms with van der Waals surface area (Å²) in [5.41, 5.74) is 2.79. The molecule has 0 bridgehead atoms. The van der Waals surface area contributed by atoms with Gasteiger partial charge in [-0.1, -0.05) is 63.2 Å². The molecule has 0 fully saturated rings. The van der Waals surface area contributed by atoms with Crippen LogP contribution in [0.1, 0.15) is 42.3 Å². The number of hydrogen-bond donors (Lipinski definition) is 2. The van der Waals surface area contributed by atoms with Crippen molar-refractivity contribution in [3.05, 3.63) is 70.0 Å². The van der Waals surface area contributed by atoms with Crippen molar-refractivity contribution in [2.45, 2.75) is 26.2 Å². The minimum Gasteiger partial charge on any atom is -0.478 e. The summed E-state index contributed by atoms with van der Waals surface area (Å²) in [6.07, 6.45) is 1.47. The molecule has 0 atom stereocenters. The predicted octanol–water partition coefficient (Wildman–Crippen LogP) is 4.49. The van der Waals surface area contributed by atoms with E-state index in [2.05, 4.69) is 48.2 Å². The molecule has 0 radical (unpaired) electrons. The van der Waals surface area contributed by atoms with Crippen LogP contribution in [0.2, 0.25) is 0 Å². The van der Waals surface area contributed by atoms with Crippen LogP contribution < -0.4 is 0 Å². The average molecular weight is 380 g/mol. The molecule has 0 saturated carbocycles. The van der Waals surface area contributed by atoms with Crippen molar-refractivity contribution in [2.75, 3.05) is 0 Å². The van der Waals surface area contributed by atoms with E-state index < -0.39 is 5.97 Å². The molecule has 3 rings (SSSR count). The minimum atomic E-state index is -1.01. The standard InChI is InChI=1S/C20H20N4O2S/c1-20(2,3)15-10-8-13(9-11-15)17-22-23-19(27)24(17)21-12-14-6-4-5-7-16(14)18(25)26/h4-12H,1-3H3,(H,23,27)(H,25,26). The van der Waals surface area contributed by atoms with E-state index in [1.54, 1.807) is 18.2 Å². The van der Waals surface area contributed by atoms with Gasteiger partial charge in [-0.25, -0.2) is 9.89 Å². The molecular weight excluding hydrogens is 360 g/mol. The lowest BCUT2D eigenvalue weighted by Gasteiger charge is -2.18. The lowest BCUT2D eigenvalue weighted by molar-refractivity contribution is 0.0696. The van der Waals surface area contributed by atoms with E-state index in [-0.39, 0.29) is 11.0 Å². The Labute approximate surface area is 162 Å². The Hall–Kier alpha value is -3.06. The molecule has 0 aliphatic rings. The van der Waals surface area contributed by atoms with Crippen molar-refractivity contribution in [2.24, 2.45) is 5.10 Å². The maximum atomic E-state index is 11.3. The molecule has 3 aromatic rings. The predicted molar refractivity (Wildman–Crippen MR) is 108 cm³/mol. The van der Waals surface area contributed by atoms with E-state index in [1.165, 1.54) is 22.5 Å². The summed E-state index contributed by atoms with van der Waals surface area (Å²) in [6, 6.07) is 14.7. The first-order valence-electron chi connectivity index (χ1n) is 8.42. The van der Waals surface area contributed by atoms with Crippen LogP contribution in [0, 0.1) is 4.77 Å². The Morgan fingerprint density at radius 3 is 2.48 bits per heavy atom. The maximum absolute atomic E-state index is 11.3. The number of aromatic amines is 1. The highest BCUT2D eigenvalue weighted by molar-refractivity contribution is 7.71. The van der Waals surface area contributed by atoms with E-state index in [4.69, 9.17) is 12.2 Å². The normalized spacial score (nSPS) is 11.8. The number of nitrogens with one attached hydrogen (secondary N) is 1. The summed E-state index contributed by atoms with van der Waals surface area (Å²) in [7, 11) is 0. The topological polar surface area (TPSA) is 83.3 Å². The van der Waals surface area contributed by atoms with E-state index in [0.29, 0.717) is 16.2 Å². The van der Waals surface area contributed by atoms with Crippen LogP contribution in [-0.4, -0.2) is 32.2 Å². The third kappa shape index (κ3) is 4.03. The molecule has 27 heavy (non-hydrogen) atoms. The second kappa shape index (κ2) is 7.28. The molecule has 0 spiro atoms. The van der Waals surface area contributed by atoms with Crippen molar-refractivity contribution in [1.82, 2.24) is 14.9 Å². The Kier molecular flexibility index (Phi) is 5.05. The highest BCUT2D eigenvalue weighted by Gasteiger charge is 2.15. The third-order valence-corrected chi connectivity index (χ3v) is 4.43. The summed E-state index contributed by atoms with van der Waals surface area (Å²) in [4.78, 5) is 11.3. The minimum absolute atomic E-state index is 0.0575. The van der Waals surface area contributed by atoms with Crippen LogP contribution in [0.4, 0.5) is 0 Å². The maximum Gasteiger partial charge on any atom is 0.336 e. The Morgan fingerprint density at radius 2 is 1.85 bits per heavy atom. The molecule has 0 aliphatic carbocycles. The van der Waals surface area contributed by atoms with Crippen LogP contribution in [-0.2, 0) is 5.41 Å². The number of rotatable bonds is 4. The second-order valence-electron chi connectivity index (χ2n) is 7.13. The molecule has 1 aromatic heterocycles. The number of H-pyrrole nitrogens is 1. The van der Waals surface area contributed by atoms with Gasteiger partial charge < -0.3 is 5.11 Å². The third-order valence-electron chi connectivity index (χ3n) is 4.16. The van der Waals surface area contributed by atoms with Gasteiger partial charge in [-0.05, 0) is 29.3 Å². The second-order valence-corrected chi connectivity index (χ2v) is 7.52. The molecule has 0 unspecified atom stereocenters. The number of aromatic nitrogens is 3. The van der Waals surface area contributed by atoms with Crippen LogP contribution in [0.15, 0.2) is 53.6 Å². The Bertz CT molecular complexity index is 1060. The van der Waals surface area contributed by atoms with Crippen molar-refractivity contribution >= 4 is 24.4 Å². The number of carbonyl (C=O) groups is 1. The van der Waals surface area contributed by atoms with Gasteiger partial charge in [0.2, 0.25) is 4.77 Å². The fourth-order valence-corrected chi connectivity index (χ4v) is 2.81. The lowest BCUT2D eigenvalue weighted by atomic mass is 9.87. The largest absolute Gasteiger partial charge is 0.478 e. The van der Waals surface area contributed by atoms with Gasteiger partial charge in [0.05, 0.1) is 11.8 Å². The zero-order chi connectivity index (χ0) is 19.6. The van der Waals surface area contributed by atoms with Crippen LogP contribution >= 0.6 is 12.2 Å². The Morgan fingerprint density at radius 1 is 1.19 bits per heavy atom. The number of carboxylic acid groups (broad SMARTS) is 1. The van der Waals surface area contributed by atoms with Crippen molar-refractivity contribution < 1.29 is 9.90 Å². The fourth-order valence-electron chi connectivity index (χ4n) is 2.63.